The van der Waals surface area contributed by atoms with Gasteiger partial charge in [-0.1, -0.05) is 66.7 Å². The van der Waals surface area contributed by atoms with Gasteiger partial charge in [0.25, 0.3) is 0 Å². The lowest BCUT2D eigenvalue weighted by Gasteiger charge is -2.34. The van der Waals surface area contributed by atoms with Crippen LogP contribution in [0.25, 0.3) is 0 Å². The normalized spacial score (nSPS) is 14.1. The van der Waals surface area contributed by atoms with Crippen molar-refractivity contribution in [2.75, 3.05) is 39.3 Å². The van der Waals surface area contributed by atoms with Crippen LogP contribution in [0.2, 0.25) is 0 Å². The van der Waals surface area contributed by atoms with Crippen molar-refractivity contribution in [2.24, 2.45) is 0 Å². The summed E-state index contributed by atoms with van der Waals surface area (Å²) in [6.07, 6.45) is 5.97. The molecule has 5 heteroatoms. The molecule has 1 aliphatic rings. The Balaban J connectivity index is 0.00000204. The third-order valence-corrected chi connectivity index (χ3v) is 6.36. The van der Waals surface area contributed by atoms with Gasteiger partial charge in [0.15, 0.2) is 0 Å². The average molecular weight is 502 g/mol. The molecule has 1 heterocycles. The van der Waals surface area contributed by atoms with Crippen molar-refractivity contribution < 1.29 is 4.74 Å². The molecule has 0 radical (unpaired) electrons. The van der Waals surface area contributed by atoms with Crippen LogP contribution in [-0.4, -0.2) is 49.1 Å². The monoisotopic (exact) mass is 500 g/mol. The lowest BCUT2D eigenvalue weighted by molar-refractivity contribution is 0.130. The summed E-state index contributed by atoms with van der Waals surface area (Å²) in [6.45, 7) is 7.27. The Labute approximate surface area is 217 Å². The van der Waals surface area contributed by atoms with Crippen LogP contribution in [0.15, 0.2) is 84.9 Å². The molecule has 3 aromatic rings. The molecule has 0 aliphatic carbocycles. The number of nitrogens with zero attached hydrogens (tertiary/aromatic N) is 2. The van der Waals surface area contributed by atoms with Crippen molar-refractivity contribution in [1.29, 1.82) is 0 Å². The van der Waals surface area contributed by atoms with Crippen molar-refractivity contribution in [3.8, 4) is 11.5 Å². The molecule has 0 saturated carbocycles. The van der Waals surface area contributed by atoms with Gasteiger partial charge in [0.05, 0.1) is 0 Å². The number of benzene rings is 3. The molecule has 4 rings (SSSR count). The highest BCUT2D eigenvalue weighted by atomic mass is 35.5. The minimum Gasteiger partial charge on any atom is -0.457 e. The van der Waals surface area contributed by atoms with Gasteiger partial charge in [-0.3, -0.25) is 0 Å². The van der Waals surface area contributed by atoms with E-state index in [1.807, 2.05) is 30.3 Å². The van der Waals surface area contributed by atoms with Gasteiger partial charge in [0.2, 0.25) is 0 Å². The maximum Gasteiger partial charge on any atom is 0.130 e. The van der Waals surface area contributed by atoms with Crippen molar-refractivity contribution in [2.45, 2.75) is 32.1 Å². The molecule has 1 saturated heterocycles. The van der Waals surface area contributed by atoms with Crippen LogP contribution >= 0.6 is 24.8 Å². The molecule has 0 unspecified atom stereocenters. The number of rotatable bonds is 11. The molecule has 184 valence electrons. The number of para-hydroxylation sites is 2. The molecule has 3 aromatic carbocycles. The minimum absolute atomic E-state index is 0. The zero-order valence-electron chi connectivity index (χ0n) is 20.0. The van der Waals surface area contributed by atoms with Crippen LogP contribution in [0.1, 0.15) is 30.4 Å². The fourth-order valence-electron chi connectivity index (χ4n) is 4.46. The highest BCUT2D eigenvalue weighted by molar-refractivity contribution is 5.85. The van der Waals surface area contributed by atoms with E-state index in [0.717, 1.165) is 17.9 Å². The van der Waals surface area contributed by atoms with Crippen molar-refractivity contribution in [3.63, 3.8) is 0 Å². The third kappa shape index (κ3) is 9.31. The van der Waals surface area contributed by atoms with Gasteiger partial charge >= 0.3 is 0 Å². The average Bonchev–Trinajstić information content (AvgIpc) is 2.85. The highest BCUT2D eigenvalue weighted by Gasteiger charge is 2.16. The first-order chi connectivity index (χ1) is 15.9. The fourth-order valence-corrected chi connectivity index (χ4v) is 4.46. The summed E-state index contributed by atoms with van der Waals surface area (Å²) in [5.74, 6) is 1.89. The Morgan fingerprint density at radius 1 is 0.559 bits per heavy atom. The molecule has 3 nitrogen and oxygen atoms in total. The quantitative estimate of drug-likeness (QED) is 0.266. The standard InChI is InChI=1S/C29H36N2O.2ClH/c1-3-12-26(13-4-1)14-11-21-31-24-22-30(23-25-31)20-10-9-16-27-15-7-8-19-29(27)32-28-17-5-2-6-18-28;;/h1-8,12-13,15,17-19H,9-11,14,16,20-25H2;2*1H. The van der Waals surface area contributed by atoms with E-state index < -0.39 is 0 Å². The van der Waals surface area contributed by atoms with Gasteiger partial charge in [0.1, 0.15) is 11.5 Å². The summed E-state index contributed by atoms with van der Waals surface area (Å²) >= 11 is 0. The van der Waals surface area contributed by atoms with E-state index in [1.54, 1.807) is 0 Å². The van der Waals surface area contributed by atoms with Crippen LogP contribution in [0.3, 0.4) is 0 Å². The van der Waals surface area contributed by atoms with Crippen LogP contribution in [0.5, 0.6) is 11.5 Å². The van der Waals surface area contributed by atoms with E-state index in [-0.39, 0.29) is 24.8 Å². The maximum atomic E-state index is 6.11. The zero-order chi connectivity index (χ0) is 21.8. The van der Waals surface area contributed by atoms with Crippen LogP contribution in [0.4, 0.5) is 0 Å². The van der Waals surface area contributed by atoms with Gasteiger partial charge in [-0.2, -0.15) is 0 Å². The zero-order valence-corrected chi connectivity index (χ0v) is 21.6. The van der Waals surface area contributed by atoms with Crippen molar-refractivity contribution >= 4 is 24.8 Å². The summed E-state index contributed by atoms with van der Waals surface area (Å²) in [4.78, 5) is 5.27. The number of hydrogen-bond donors (Lipinski definition) is 0. The van der Waals surface area contributed by atoms with E-state index in [0.29, 0.717) is 0 Å². The number of halogens is 2. The first-order valence-electron chi connectivity index (χ1n) is 12.2. The third-order valence-electron chi connectivity index (χ3n) is 6.36. The highest BCUT2D eigenvalue weighted by Crippen LogP contribution is 2.26. The van der Waals surface area contributed by atoms with Gasteiger partial charge in [0, 0.05) is 26.2 Å². The van der Waals surface area contributed by atoms with Gasteiger partial charge in [-0.15, -0.1) is 24.8 Å². The second-order valence-corrected chi connectivity index (χ2v) is 8.75. The molecule has 0 amide bonds. The van der Waals surface area contributed by atoms with Crippen LogP contribution in [0, 0.1) is 0 Å². The second-order valence-electron chi connectivity index (χ2n) is 8.75. The summed E-state index contributed by atoms with van der Waals surface area (Å²) in [5.41, 5.74) is 2.77. The molecule has 0 spiro atoms. The van der Waals surface area contributed by atoms with Crippen LogP contribution in [-0.2, 0) is 12.8 Å². The summed E-state index contributed by atoms with van der Waals surface area (Å²) in [6, 6.07) is 29.4. The van der Waals surface area contributed by atoms with E-state index in [9.17, 15) is 0 Å². The number of piperazine rings is 1. The van der Waals surface area contributed by atoms with Crippen molar-refractivity contribution in [3.05, 3.63) is 96.1 Å². The topological polar surface area (TPSA) is 15.7 Å². The van der Waals surface area contributed by atoms with Gasteiger partial charge < -0.3 is 14.5 Å². The molecular weight excluding hydrogens is 463 g/mol. The summed E-state index contributed by atoms with van der Waals surface area (Å²) < 4.78 is 6.11. The minimum atomic E-state index is 0. The first-order valence-corrected chi connectivity index (χ1v) is 12.2. The number of unbranched alkanes of at least 4 members (excludes halogenated alkanes) is 1. The van der Waals surface area contributed by atoms with E-state index in [2.05, 4.69) is 64.4 Å². The second kappa shape index (κ2) is 15.8. The largest absolute Gasteiger partial charge is 0.457 e. The Morgan fingerprint density at radius 2 is 1.12 bits per heavy atom. The van der Waals surface area contributed by atoms with E-state index in [1.165, 1.54) is 76.1 Å². The van der Waals surface area contributed by atoms with Crippen molar-refractivity contribution in [1.82, 2.24) is 9.80 Å². The molecule has 0 aromatic heterocycles. The van der Waals surface area contributed by atoms with E-state index >= 15 is 0 Å². The molecule has 0 atom stereocenters. The van der Waals surface area contributed by atoms with E-state index in [4.69, 9.17) is 4.74 Å². The first kappa shape index (κ1) is 28.2. The summed E-state index contributed by atoms with van der Waals surface area (Å²) in [7, 11) is 0. The van der Waals surface area contributed by atoms with Crippen LogP contribution < -0.4 is 4.74 Å². The predicted molar refractivity (Wildman–Crippen MR) is 148 cm³/mol. The summed E-state index contributed by atoms with van der Waals surface area (Å²) in [5, 5.41) is 0. The Kier molecular flexibility index (Phi) is 13.1. The molecular formula is C29H38Cl2N2O. The van der Waals surface area contributed by atoms with Gasteiger partial charge in [-0.05, 0) is 74.5 Å². The maximum absolute atomic E-state index is 6.11. The number of aryl methyl sites for hydroxylation is 2. The molecule has 0 N–H and O–H groups in total. The predicted octanol–water partition coefficient (Wildman–Crippen LogP) is 6.90. The number of ether oxygens (including phenoxy) is 1. The molecule has 34 heavy (non-hydrogen) atoms. The lowest BCUT2D eigenvalue weighted by Crippen LogP contribution is -2.46. The SMILES string of the molecule is Cl.Cl.c1ccc(CCCN2CCN(CCCCc3ccccc3Oc3ccccc3)CC2)cc1. The number of hydrogen-bond acceptors (Lipinski definition) is 3. The molecule has 1 aliphatic heterocycles. The Bertz CT molecular complexity index is 916. The Morgan fingerprint density at radius 3 is 1.79 bits per heavy atom. The Hall–Kier alpha value is -2.04. The smallest absolute Gasteiger partial charge is 0.130 e. The van der Waals surface area contributed by atoms with Gasteiger partial charge in [-0.25, -0.2) is 0 Å². The molecule has 0 bridgehead atoms. The lowest BCUT2D eigenvalue weighted by atomic mass is 10.1. The molecule has 1 fully saturated rings. The fraction of sp³-hybridized carbons (Fsp3) is 0.379.